The molecule has 1 aromatic heterocycles. The van der Waals surface area contributed by atoms with Gasteiger partial charge in [-0.05, 0) is 17.7 Å². The quantitative estimate of drug-likeness (QED) is 0.741. The summed E-state index contributed by atoms with van der Waals surface area (Å²) in [5.41, 5.74) is 6.68. The van der Waals surface area contributed by atoms with Gasteiger partial charge >= 0.3 is 5.63 Å². The summed E-state index contributed by atoms with van der Waals surface area (Å²) in [6.07, 6.45) is 0. The summed E-state index contributed by atoms with van der Waals surface area (Å²) in [6, 6.07) is 16.9. The smallest absolute Gasteiger partial charge is 0.363 e. The summed E-state index contributed by atoms with van der Waals surface area (Å²) in [5.74, 6) is 0.376. The first-order valence-corrected chi connectivity index (χ1v) is 6.24. The average molecular weight is 267 g/mol. The van der Waals surface area contributed by atoms with Crippen LogP contribution >= 0.6 is 0 Å². The molecule has 0 amide bonds. The Bertz CT molecular complexity index is 794. The molecular formula is C16H13NO3. The Balaban J connectivity index is 2.02. The second-order valence-electron chi connectivity index (χ2n) is 4.40. The van der Waals surface area contributed by atoms with Crippen molar-refractivity contribution >= 4 is 16.7 Å². The molecule has 100 valence electrons. The van der Waals surface area contributed by atoms with Gasteiger partial charge in [-0.1, -0.05) is 42.5 Å². The molecule has 0 fully saturated rings. The zero-order valence-electron chi connectivity index (χ0n) is 10.7. The van der Waals surface area contributed by atoms with Gasteiger partial charge in [0.1, 0.15) is 12.2 Å². The minimum Gasteiger partial charge on any atom is -0.486 e. The number of fused-ring (bicyclic) bond motifs is 1. The zero-order chi connectivity index (χ0) is 13.9. The van der Waals surface area contributed by atoms with Gasteiger partial charge in [-0.3, -0.25) is 0 Å². The molecule has 2 aromatic carbocycles. The van der Waals surface area contributed by atoms with Crippen LogP contribution in [0.5, 0.6) is 5.75 Å². The van der Waals surface area contributed by atoms with Gasteiger partial charge in [0, 0.05) is 0 Å². The van der Waals surface area contributed by atoms with Gasteiger partial charge in [0.2, 0.25) is 0 Å². The predicted octanol–water partition coefficient (Wildman–Crippen LogP) is 2.95. The normalized spacial score (nSPS) is 10.6. The fourth-order valence-corrected chi connectivity index (χ4v) is 2.02. The van der Waals surface area contributed by atoms with E-state index in [1.165, 1.54) is 0 Å². The third-order valence-electron chi connectivity index (χ3n) is 3.02. The Morgan fingerprint density at radius 3 is 2.50 bits per heavy atom. The highest BCUT2D eigenvalue weighted by Gasteiger charge is 2.12. The van der Waals surface area contributed by atoms with Gasteiger partial charge in [-0.15, -0.1) is 0 Å². The van der Waals surface area contributed by atoms with Crippen molar-refractivity contribution < 1.29 is 9.15 Å². The number of ether oxygens (including phenoxy) is 1. The number of nitrogens with two attached hydrogens (primary N) is 1. The molecule has 3 aromatic rings. The molecule has 0 aliphatic rings. The van der Waals surface area contributed by atoms with E-state index >= 15 is 0 Å². The first-order chi connectivity index (χ1) is 9.75. The molecular weight excluding hydrogens is 254 g/mol. The van der Waals surface area contributed by atoms with Crippen LogP contribution in [0.1, 0.15) is 5.56 Å². The Hall–Kier alpha value is -2.75. The van der Waals surface area contributed by atoms with Crippen molar-refractivity contribution in [1.29, 1.82) is 0 Å². The molecule has 0 saturated heterocycles. The predicted molar refractivity (Wildman–Crippen MR) is 77.7 cm³/mol. The van der Waals surface area contributed by atoms with E-state index < -0.39 is 5.63 Å². The van der Waals surface area contributed by atoms with Gasteiger partial charge in [0.05, 0.1) is 5.39 Å². The Morgan fingerprint density at radius 1 is 1.00 bits per heavy atom. The standard InChI is InChI=1S/C16H13NO3/c17-14-15(19-10-11-6-2-1-3-7-11)12-8-4-5-9-13(12)20-16(14)18/h1-9H,10,17H2. The number of nitrogen functional groups attached to an aromatic ring is 1. The maximum atomic E-state index is 11.7. The van der Waals surface area contributed by atoms with E-state index in [1.54, 1.807) is 12.1 Å². The van der Waals surface area contributed by atoms with Gasteiger partial charge in [0.25, 0.3) is 0 Å². The molecule has 4 heteroatoms. The van der Waals surface area contributed by atoms with Crippen LogP contribution in [0.25, 0.3) is 11.0 Å². The fraction of sp³-hybridized carbons (Fsp3) is 0.0625. The van der Waals surface area contributed by atoms with E-state index in [0.717, 1.165) is 5.56 Å². The Labute approximate surface area is 115 Å². The summed E-state index contributed by atoms with van der Waals surface area (Å²) in [5, 5.41) is 0.695. The maximum Gasteiger partial charge on any atom is 0.363 e. The lowest BCUT2D eigenvalue weighted by atomic mass is 10.2. The molecule has 20 heavy (non-hydrogen) atoms. The van der Waals surface area contributed by atoms with Crippen LogP contribution in [0.4, 0.5) is 5.69 Å². The van der Waals surface area contributed by atoms with Crippen molar-refractivity contribution in [2.24, 2.45) is 0 Å². The molecule has 0 bridgehead atoms. The molecule has 0 radical (unpaired) electrons. The first-order valence-electron chi connectivity index (χ1n) is 6.24. The minimum atomic E-state index is -0.577. The number of rotatable bonds is 3. The lowest BCUT2D eigenvalue weighted by molar-refractivity contribution is 0.309. The third-order valence-corrected chi connectivity index (χ3v) is 3.02. The van der Waals surface area contributed by atoms with Crippen molar-refractivity contribution in [1.82, 2.24) is 0 Å². The van der Waals surface area contributed by atoms with Crippen molar-refractivity contribution in [2.75, 3.05) is 5.73 Å². The molecule has 0 saturated carbocycles. The third kappa shape index (κ3) is 2.23. The number of para-hydroxylation sites is 1. The van der Waals surface area contributed by atoms with E-state index in [0.29, 0.717) is 23.3 Å². The van der Waals surface area contributed by atoms with Gasteiger partial charge < -0.3 is 14.9 Å². The summed E-state index contributed by atoms with van der Waals surface area (Å²) in [6.45, 7) is 0.346. The van der Waals surface area contributed by atoms with E-state index in [4.69, 9.17) is 14.9 Å². The summed E-state index contributed by atoms with van der Waals surface area (Å²) in [4.78, 5) is 11.7. The van der Waals surface area contributed by atoms with Crippen LogP contribution < -0.4 is 16.1 Å². The van der Waals surface area contributed by atoms with Crippen LogP contribution in [-0.2, 0) is 6.61 Å². The molecule has 1 heterocycles. The number of hydrogen-bond acceptors (Lipinski definition) is 4. The van der Waals surface area contributed by atoms with Gasteiger partial charge in [-0.2, -0.15) is 0 Å². The monoisotopic (exact) mass is 267 g/mol. The van der Waals surface area contributed by atoms with Crippen molar-refractivity contribution in [3.63, 3.8) is 0 Å². The summed E-state index contributed by atoms with van der Waals surface area (Å²) >= 11 is 0. The SMILES string of the molecule is Nc1c(OCc2ccccc2)c2ccccc2oc1=O. The Kier molecular flexibility index (Phi) is 3.13. The molecule has 0 atom stereocenters. The first kappa shape index (κ1) is 12.3. The molecule has 2 N–H and O–H groups in total. The van der Waals surface area contributed by atoms with Crippen LogP contribution in [0.15, 0.2) is 63.8 Å². The van der Waals surface area contributed by atoms with Crippen LogP contribution in [0, 0.1) is 0 Å². The second-order valence-corrected chi connectivity index (χ2v) is 4.40. The number of benzene rings is 2. The average Bonchev–Trinajstić information content (AvgIpc) is 2.49. The van der Waals surface area contributed by atoms with Crippen molar-refractivity contribution in [3.8, 4) is 5.75 Å². The van der Waals surface area contributed by atoms with Crippen LogP contribution in [0.2, 0.25) is 0 Å². The Morgan fingerprint density at radius 2 is 1.70 bits per heavy atom. The van der Waals surface area contributed by atoms with E-state index in [9.17, 15) is 4.79 Å². The van der Waals surface area contributed by atoms with E-state index in [1.807, 2.05) is 42.5 Å². The molecule has 0 spiro atoms. The lowest BCUT2D eigenvalue weighted by Gasteiger charge is -2.10. The number of hydrogen-bond donors (Lipinski definition) is 1. The fourth-order valence-electron chi connectivity index (χ4n) is 2.02. The number of anilines is 1. The molecule has 0 aliphatic carbocycles. The van der Waals surface area contributed by atoms with Crippen molar-refractivity contribution in [3.05, 3.63) is 70.6 Å². The highest BCUT2D eigenvalue weighted by molar-refractivity contribution is 5.87. The molecule has 3 rings (SSSR count). The van der Waals surface area contributed by atoms with E-state index in [-0.39, 0.29) is 5.69 Å². The molecule has 0 unspecified atom stereocenters. The highest BCUT2D eigenvalue weighted by Crippen LogP contribution is 2.29. The maximum absolute atomic E-state index is 11.7. The molecule has 4 nitrogen and oxygen atoms in total. The van der Waals surface area contributed by atoms with Crippen LogP contribution in [0.3, 0.4) is 0 Å². The summed E-state index contributed by atoms with van der Waals surface area (Å²) in [7, 11) is 0. The topological polar surface area (TPSA) is 65.5 Å². The van der Waals surface area contributed by atoms with Crippen molar-refractivity contribution in [2.45, 2.75) is 6.61 Å². The second kappa shape index (κ2) is 5.09. The zero-order valence-corrected chi connectivity index (χ0v) is 10.7. The van der Waals surface area contributed by atoms with E-state index in [2.05, 4.69) is 0 Å². The molecule has 0 aliphatic heterocycles. The van der Waals surface area contributed by atoms with Crippen LogP contribution in [-0.4, -0.2) is 0 Å². The summed E-state index contributed by atoms with van der Waals surface area (Å²) < 4.78 is 10.9. The van der Waals surface area contributed by atoms with Gasteiger partial charge in [-0.25, -0.2) is 4.79 Å². The van der Waals surface area contributed by atoms with Gasteiger partial charge in [0.15, 0.2) is 11.4 Å². The largest absolute Gasteiger partial charge is 0.486 e. The lowest BCUT2D eigenvalue weighted by Crippen LogP contribution is -2.10. The highest BCUT2D eigenvalue weighted by atomic mass is 16.5. The minimum absolute atomic E-state index is 0.000342.